The fourth-order valence-corrected chi connectivity index (χ4v) is 3.91. The van der Waals surface area contributed by atoms with Gasteiger partial charge in [-0.25, -0.2) is 9.67 Å². The molecule has 1 N–H and O–H groups in total. The monoisotopic (exact) mass is 307 g/mol. The van der Waals surface area contributed by atoms with Crippen LogP contribution in [-0.2, 0) is 11.8 Å². The van der Waals surface area contributed by atoms with E-state index in [2.05, 4.69) is 15.3 Å². The predicted octanol–water partition coefficient (Wildman–Crippen LogP) is 1.69. The first kappa shape index (κ1) is 14.3. The smallest absolute Gasteiger partial charge is 0.216 e. The van der Waals surface area contributed by atoms with E-state index in [1.165, 1.54) is 4.70 Å². The first-order valence-electron chi connectivity index (χ1n) is 7.34. The quantitative estimate of drug-likeness (QED) is 0.937. The van der Waals surface area contributed by atoms with Crippen LogP contribution < -0.4 is 10.2 Å². The number of carbonyl (C=O) groups is 1. The van der Waals surface area contributed by atoms with Gasteiger partial charge in [-0.3, -0.25) is 4.79 Å². The molecule has 2 aromatic heterocycles. The van der Waals surface area contributed by atoms with Gasteiger partial charge in [0.15, 0.2) is 10.8 Å². The molecule has 0 unspecified atom stereocenters. The molecule has 0 spiro atoms. The number of hydrogen-bond acceptors (Lipinski definition) is 5. The zero-order valence-electron chi connectivity index (χ0n) is 12.7. The van der Waals surface area contributed by atoms with E-state index in [1.54, 1.807) is 18.3 Å². The van der Waals surface area contributed by atoms with E-state index in [9.17, 15) is 4.79 Å². The lowest BCUT2D eigenvalue weighted by Gasteiger charge is -2.31. The summed E-state index contributed by atoms with van der Waals surface area (Å²) in [5.74, 6) is 0.648. The molecule has 6 nitrogen and oxygen atoms in total. The summed E-state index contributed by atoms with van der Waals surface area (Å²) in [6, 6.07) is 0. The lowest BCUT2D eigenvalue weighted by Crippen LogP contribution is -2.38. The molecule has 1 aliphatic heterocycles. The number of thiazole rings is 1. The summed E-state index contributed by atoms with van der Waals surface area (Å²) in [5.41, 5.74) is 2.03. The van der Waals surface area contributed by atoms with Crippen molar-refractivity contribution in [3.63, 3.8) is 0 Å². The molecule has 0 aromatic carbocycles. The molecule has 2 aromatic rings. The molecule has 0 bridgehead atoms. The summed E-state index contributed by atoms with van der Waals surface area (Å²) in [7, 11) is 1.94. The van der Waals surface area contributed by atoms with Gasteiger partial charge in [0.2, 0.25) is 5.91 Å². The Hall–Kier alpha value is -1.63. The van der Waals surface area contributed by atoms with Gasteiger partial charge in [-0.1, -0.05) is 11.3 Å². The lowest BCUT2D eigenvalue weighted by molar-refractivity contribution is -0.119. The molecular weight excluding hydrogens is 286 g/mol. The number of piperidine rings is 1. The maximum Gasteiger partial charge on any atom is 0.216 e. The highest BCUT2D eigenvalue weighted by Crippen LogP contribution is 2.32. The maximum absolute atomic E-state index is 11.0. The summed E-state index contributed by atoms with van der Waals surface area (Å²) in [6.45, 7) is 6.43. The Morgan fingerprint density at radius 3 is 2.76 bits per heavy atom. The van der Waals surface area contributed by atoms with Crippen molar-refractivity contribution >= 4 is 32.7 Å². The highest BCUT2D eigenvalue weighted by molar-refractivity contribution is 7.22. The lowest BCUT2D eigenvalue weighted by atomic mass is 9.97. The van der Waals surface area contributed by atoms with Crippen LogP contribution in [0.5, 0.6) is 0 Å². The van der Waals surface area contributed by atoms with Gasteiger partial charge >= 0.3 is 0 Å². The first-order chi connectivity index (χ1) is 10.0. The van der Waals surface area contributed by atoms with Crippen LogP contribution in [0.2, 0.25) is 0 Å². The van der Waals surface area contributed by atoms with Crippen molar-refractivity contribution in [2.24, 2.45) is 13.0 Å². The molecule has 0 atom stereocenters. The third kappa shape index (κ3) is 2.88. The van der Waals surface area contributed by atoms with Gasteiger partial charge in [0.1, 0.15) is 0 Å². The second-order valence-corrected chi connectivity index (χ2v) is 6.70. The van der Waals surface area contributed by atoms with Crippen LogP contribution >= 0.6 is 11.3 Å². The Morgan fingerprint density at radius 2 is 2.14 bits per heavy atom. The van der Waals surface area contributed by atoms with Gasteiger partial charge in [-0.15, -0.1) is 0 Å². The molecule has 1 aliphatic rings. The van der Waals surface area contributed by atoms with Crippen LogP contribution in [-0.4, -0.2) is 40.3 Å². The van der Waals surface area contributed by atoms with Crippen molar-refractivity contribution in [1.29, 1.82) is 0 Å². The molecule has 0 radical (unpaired) electrons. The Bertz CT molecular complexity index is 619. The van der Waals surface area contributed by atoms with Crippen LogP contribution in [0.15, 0.2) is 0 Å². The van der Waals surface area contributed by atoms with Gasteiger partial charge in [-0.05, 0) is 25.7 Å². The topological polar surface area (TPSA) is 63.1 Å². The largest absolute Gasteiger partial charge is 0.356 e. The van der Waals surface area contributed by atoms with Crippen molar-refractivity contribution in [1.82, 2.24) is 20.1 Å². The van der Waals surface area contributed by atoms with Gasteiger partial charge in [0.25, 0.3) is 0 Å². The number of aryl methyl sites for hydroxylation is 2. The summed E-state index contributed by atoms with van der Waals surface area (Å²) >= 11 is 1.73. The highest BCUT2D eigenvalue weighted by atomic mass is 32.1. The number of nitrogens with one attached hydrogen (secondary N) is 1. The number of fused-ring (bicyclic) bond motifs is 1. The molecule has 1 saturated heterocycles. The van der Waals surface area contributed by atoms with E-state index in [0.29, 0.717) is 5.92 Å². The van der Waals surface area contributed by atoms with Crippen molar-refractivity contribution in [3.05, 3.63) is 5.69 Å². The molecule has 21 heavy (non-hydrogen) atoms. The number of hydrogen-bond donors (Lipinski definition) is 1. The second kappa shape index (κ2) is 5.63. The summed E-state index contributed by atoms with van der Waals surface area (Å²) in [6.07, 6.45) is 2.21. The Kier molecular flexibility index (Phi) is 3.84. The van der Waals surface area contributed by atoms with Crippen LogP contribution in [0.1, 0.15) is 25.5 Å². The minimum absolute atomic E-state index is 0.0616. The molecule has 7 heteroatoms. The van der Waals surface area contributed by atoms with Gasteiger partial charge in [0.05, 0.1) is 10.4 Å². The normalized spacial score (nSPS) is 16.6. The van der Waals surface area contributed by atoms with Crippen LogP contribution in [0.3, 0.4) is 0 Å². The van der Waals surface area contributed by atoms with E-state index in [-0.39, 0.29) is 5.91 Å². The van der Waals surface area contributed by atoms with Gasteiger partial charge in [0, 0.05) is 33.6 Å². The number of amides is 1. The molecule has 3 heterocycles. The Labute approximate surface area is 128 Å². The number of rotatable bonds is 3. The van der Waals surface area contributed by atoms with Gasteiger partial charge in [-0.2, -0.15) is 5.10 Å². The molecular formula is C14H21N5OS. The number of nitrogens with zero attached hydrogens (tertiary/aromatic N) is 4. The predicted molar refractivity (Wildman–Crippen MR) is 84.7 cm³/mol. The van der Waals surface area contributed by atoms with Crippen LogP contribution in [0.4, 0.5) is 5.13 Å². The SMILES string of the molecule is CC(=O)NCC1CCN(c2nc3c(s2)c(C)nn3C)CC1. The van der Waals surface area contributed by atoms with Gasteiger partial charge < -0.3 is 10.2 Å². The fourth-order valence-electron chi connectivity index (χ4n) is 2.83. The number of carbonyl (C=O) groups excluding carboxylic acids is 1. The maximum atomic E-state index is 11.0. The average molecular weight is 307 g/mol. The van der Waals surface area contributed by atoms with Crippen molar-refractivity contribution in [2.75, 3.05) is 24.5 Å². The molecule has 3 rings (SSSR count). The first-order valence-corrected chi connectivity index (χ1v) is 8.15. The minimum Gasteiger partial charge on any atom is -0.356 e. The summed E-state index contributed by atoms with van der Waals surface area (Å²) in [4.78, 5) is 18.1. The van der Waals surface area contributed by atoms with E-state index < -0.39 is 0 Å². The van der Waals surface area contributed by atoms with E-state index in [0.717, 1.165) is 48.9 Å². The molecule has 0 aliphatic carbocycles. The molecule has 1 fully saturated rings. The van der Waals surface area contributed by atoms with Crippen molar-refractivity contribution in [3.8, 4) is 0 Å². The summed E-state index contributed by atoms with van der Waals surface area (Å²) < 4.78 is 3.04. The molecule has 1 amide bonds. The standard InChI is InChI=1S/C14H21N5OS/c1-9-12-13(18(3)17-9)16-14(21-12)19-6-4-11(5-7-19)8-15-10(2)20/h11H,4-8H2,1-3H3,(H,15,20). The Morgan fingerprint density at radius 1 is 1.43 bits per heavy atom. The average Bonchev–Trinajstić information content (AvgIpc) is 3.00. The zero-order chi connectivity index (χ0) is 15.0. The third-order valence-electron chi connectivity index (χ3n) is 4.06. The molecule has 114 valence electrons. The molecule has 0 saturated carbocycles. The minimum atomic E-state index is 0.0616. The zero-order valence-corrected chi connectivity index (χ0v) is 13.5. The van der Waals surface area contributed by atoms with Crippen molar-refractivity contribution in [2.45, 2.75) is 26.7 Å². The van der Waals surface area contributed by atoms with Crippen LogP contribution in [0.25, 0.3) is 10.3 Å². The van der Waals surface area contributed by atoms with Crippen molar-refractivity contribution < 1.29 is 4.79 Å². The van der Waals surface area contributed by atoms with Crippen LogP contribution in [0, 0.1) is 12.8 Å². The van der Waals surface area contributed by atoms with E-state index in [4.69, 9.17) is 4.98 Å². The summed E-state index contributed by atoms with van der Waals surface area (Å²) in [5, 5.41) is 8.41. The van der Waals surface area contributed by atoms with E-state index >= 15 is 0 Å². The second-order valence-electron chi connectivity index (χ2n) is 5.73. The third-order valence-corrected chi connectivity index (χ3v) is 5.27. The number of aromatic nitrogens is 3. The Balaban J connectivity index is 1.65. The van der Waals surface area contributed by atoms with E-state index in [1.807, 2.05) is 18.7 Å². The fraction of sp³-hybridized carbons (Fsp3) is 0.643. The number of anilines is 1. The highest BCUT2D eigenvalue weighted by Gasteiger charge is 2.23.